The molecule has 76 valence electrons. The maximum atomic E-state index is 12.0. The Morgan fingerprint density at radius 2 is 2.07 bits per heavy atom. The number of carbonyl (C=O) groups is 1. The van der Waals surface area contributed by atoms with Crippen molar-refractivity contribution >= 4 is 11.3 Å². The number of Topliss-reactive ketones (excluding diaryl/α,β-unsaturated/α-hetero) is 1. The highest BCUT2D eigenvalue weighted by Gasteiger charge is 2.11. The van der Waals surface area contributed by atoms with Gasteiger partial charge in [-0.1, -0.05) is 12.1 Å². The van der Waals surface area contributed by atoms with Gasteiger partial charge in [-0.15, -0.1) is 0 Å². The van der Waals surface area contributed by atoms with E-state index in [2.05, 4.69) is 0 Å². The number of ketones is 1. The summed E-state index contributed by atoms with van der Waals surface area (Å²) in [4.78, 5) is 12.0. The molecule has 0 radical (unpaired) electrons. The average molecular weight is 199 g/mol. The first-order valence-electron chi connectivity index (χ1n) is 4.97. The maximum absolute atomic E-state index is 12.0. The first kappa shape index (κ1) is 9.71. The summed E-state index contributed by atoms with van der Waals surface area (Å²) in [6.45, 7) is 3.72. The summed E-state index contributed by atoms with van der Waals surface area (Å²) in [5, 5.41) is 0. The fourth-order valence-corrected chi connectivity index (χ4v) is 1.57. The van der Waals surface area contributed by atoms with Crippen LogP contribution in [0.15, 0.2) is 48.2 Å². The van der Waals surface area contributed by atoms with E-state index in [-0.39, 0.29) is 5.78 Å². The number of fused-ring (bicyclic) bond motifs is 1. The Morgan fingerprint density at radius 3 is 2.80 bits per heavy atom. The number of aromatic nitrogens is 1. The Labute approximate surface area is 88.8 Å². The summed E-state index contributed by atoms with van der Waals surface area (Å²) in [7, 11) is 0. The first-order chi connectivity index (χ1) is 7.24. The minimum Gasteiger partial charge on any atom is -0.314 e. The third kappa shape index (κ3) is 1.59. The zero-order valence-electron chi connectivity index (χ0n) is 8.90. The molecule has 2 aromatic heterocycles. The molecule has 0 saturated carbocycles. The molecular formula is C13H13NO. The van der Waals surface area contributed by atoms with Crippen molar-refractivity contribution < 1.29 is 4.79 Å². The number of pyridine rings is 1. The van der Waals surface area contributed by atoms with E-state index in [4.69, 9.17) is 0 Å². The molecular weight excluding hydrogens is 186 g/mol. The molecule has 0 amide bonds. The number of rotatable bonds is 2. The zero-order valence-corrected chi connectivity index (χ0v) is 8.90. The van der Waals surface area contributed by atoms with E-state index in [0.29, 0.717) is 0 Å². The largest absolute Gasteiger partial charge is 0.314 e. The fourth-order valence-electron chi connectivity index (χ4n) is 1.57. The quantitative estimate of drug-likeness (QED) is 0.538. The van der Waals surface area contributed by atoms with Crippen LogP contribution in [0.1, 0.15) is 24.3 Å². The van der Waals surface area contributed by atoms with Crippen LogP contribution in [-0.2, 0) is 0 Å². The van der Waals surface area contributed by atoms with Gasteiger partial charge in [0.1, 0.15) is 0 Å². The number of hydrogen-bond acceptors (Lipinski definition) is 1. The summed E-state index contributed by atoms with van der Waals surface area (Å²) in [5.41, 5.74) is 2.55. The van der Waals surface area contributed by atoms with Crippen molar-refractivity contribution in [3.8, 4) is 0 Å². The lowest BCUT2D eigenvalue weighted by molar-refractivity contribution is 0.102. The van der Waals surface area contributed by atoms with Crippen LogP contribution in [0.4, 0.5) is 0 Å². The molecule has 0 aliphatic carbocycles. The molecule has 0 atom stereocenters. The van der Waals surface area contributed by atoms with Crippen molar-refractivity contribution in [3.63, 3.8) is 0 Å². The lowest BCUT2D eigenvalue weighted by Gasteiger charge is -2.01. The van der Waals surface area contributed by atoms with Crippen molar-refractivity contribution in [1.29, 1.82) is 0 Å². The van der Waals surface area contributed by atoms with Crippen molar-refractivity contribution in [2.75, 3.05) is 0 Å². The molecule has 0 aliphatic heterocycles. The second-order valence-corrected chi connectivity index (χ2v) is 3.51. The highest BCUT2D eigenvalue weighted by molar-refractivity contribution is 6.07. The highest BCUT2D eigenvalue weighted by atomic mass is 16.1. The molecule has 15 heavy (non-hydrogen) atoms. The van der Waals surface area contributed by atoms with Gasteiger partial charge in [0.15, 0.2) is 0 Å². The molecule has 0 saturated heterocycles. The van der Waals surface area contributed by atoms with Crippen LogP contribution in [0.25, 0.3) is 5.52 Å². The van der Waals surface area contributed by atoms with Crippen molar-refractivity contribution in [2.45, 2.75) is 13.8 Å². The normalized spacial score (nSPS) is 12.0. The molecule has 0 unspecified atom stereocenters. The molecule has 2 heterocycles. The average Bonchev–Trinajstić information content (AvgIpc) is 2.70. The Bertz CT molecular complexity index is 534. The standard InChI is InChI=1S/C13H13NO/c1-3-10(2)13(15)12-8-7-11-6-4-5-9-14(11)12/h3-9H,1-2H3/b10-3+. The van der Waals surface area contributed by atoms with E-state index in [1.165, 1.54) is 0 Å². The number of nitrogens with zero attached hydrogens (tertiary/aromatic N) is 1. The van der Waals surface area contributed by atoms with Gasteiger partial charge in [-0.3, -0.25) is 4.79 Å². The van der Waals surface area contributed by atoms with E-state index in [0.717, 1.165) is 16.8 Å². The van der Waals surface area contributed by atoms with E-state index in [1.807, 2.05) is 60.9 Å². The van der Waals surface area contributed by atoms with Gasteiger partial charge >= 0.3 is 0 Å². The monoisotopic (exact) mass is 199 g/mol. The molecule has 0 spiro atoms. The minimum absolute atomic E-state index is 0.0868. The lowest BCUT2D eigenvalue weighted by atomic mass is 10.1. The van der Waals surface area contributed by atoms with Gasteiger partial charge in [0, 0.05) is 11.7 Å². The predicted octanol–water partition coefficient (Wildman–Crippen LogP) is 3.09. The molecule has 0 aliphatic rings. The molecule has 2 aromatic rings. The molecule has 2 nitrogen and oxygen atoms in total. The fraction of sp³-hybridized carbons (Fsp3) is 0.154. The minimum atomic E-state index is 0.0868. The smallest absolute Gasteiger partial charge is 0.205 e. The second kappa shape index (κ2) is 3.73. The van der Waals surface area contributed by atoms with Gasteiger partial charge in [-0.25, -0.2) is 0 Å². The summed E-state index contributed by atoms with van der Waals surface area (Å²) in [5.74, 6) is 0.0868. The third-order valence-corrected chi connectivity index (χ3v) is 2.59. The topological polar surface area (TPSA) is 21.5 Å². The van der Waals surface area contributed by atoms with Crippen molar-refractivity contribution in [1.82, 2.24) is 4.40 Å². The van der Waals surface area contributed by atoms with Gasteiger partial charge < -0.3 is 4.40 Å². The first-order valence-corrected chi connectivity index (χ1v) is 4.97. The maximum Gasteiger partial charge on any atom is 0.205 e. The summed E-state index contributed by atoms with van der Waals surface area (Å²) in [6.07, 6.45) is 3.75. The van der Waals surface area contributed by atoms with Crippen LogP contribution in [0.3, 0.4) is 0 Å². The molecule has 0 bridgehead atoms. The zero-order chi connectivity index (χ0) is 10.8. The van der Waals surface area contributed by atoms with E-state index in [1.54, 1.807) is 0 Å². The second-order valence-electron chi connectivity index (χ2n) is 3.51. The van der Waals surface area contributed by atoms with Crippen LogP contribution >= 0.6 is 0 Å². The van der Waals surface area contributed by atoms with E-state index < -0.39 is 0 Å². The van der Waals surface area contributed by atoms with Crippen LogP contribution in [0, 0.1) is 0 Å². The van der Waals surface area contributed by atoms with Crippen LogP contribution < -0.4 is 0 Å². The van der Waals surface area contributed by atoms with Crippen molar-refractivity contribution in [2.24, 2.45) is 0 Å². The van der Waals surface area contributed by atoms with Gasteiger partial charge in [-0.05, 0) is 43.7 Å². The molecule has 0 fully saturated rings. The Hall–Kier alpha value is -1.83. The Kier molecular flexibility index (Phi) is 2.42. The van der Waals surface area contributed by atoms with Gasteiger partial charge in [0.25, 0.3) is 0 Å². The molecule has 0 aromatic carbocycles. The van der Waals surface area contributed by atoms with Crippen LogP contribution in [0.2, 0.25) is 0 Å². The molecule has 2 rings (SSSR count). The van der Waals surface area contributed by atoms with Crippen molar-refractivity contribution in [3.05, 3.63) is 53.9 Å². The summed E-state index contributed by atoms with van der Waals surface area (Å²) in [6, 6.07) is 9.70. The highest BCUT2D eigenvalue weighted by Crippen LogP contribution is 2.13. The van der Waals surface area contributed by atoms with E-state index >= 15 is 0 Å². The lowest BCUT2D eigenvalue weighted by Crippen LogP contribution is -2.04. The summed E-state index contributed by atoms with van der Waals surface area (Å²) < 4.78 is 1.91. The predicted molar refractivity (Wildman–Crippen MR) is 61.2 cm³/mol. The Balaban J connectivity index is 2.58. The number of hydrogen-bond donors (Lipinski definition) is 0. The van der Waals surface area contributed by atoms with Crippen LogP contribution in [-0.4, -0.2) is 10.2 Å². The van der Waals surface area contributed by atoms with Gasteiger partial charge in [-0.2, -0.15) is 0 Å². The Morgan fingerprint density at radius 1 is 1.27 bits per heavy atom. The molecule has 0 N–H and O–H groups in total. The number of allylic oxidation sites excluding steroid dienone is 2. The summed E-state index contributed by atoms with van der Waals surface area (Å²) >= 11 is 0. The number of carbonyl (C=O) groups excluding carboxylic acids is 1. The van der Waals surface area contributed by atoms with Gasteiger partial charge in [0.2, 0.25) is 5.78 Å². The third-order valence-electron chi connectivity index (χ3n) is 2.59. The van der Waals surface area contributed by atoms with Crippen LogP contribution in [0.5, 0.6) is 0 Å². The van der Waals surface area contributed by atoms with Gasteiger partial charge in [0.05, 0.1) is 5.69 Å². The SMILES string of the molecule is C/C=C(\C)C(=O)c1ccc2ccccn12. The van der Waals surface area contributed by atoms with E-state index in [9.17, 15) is 4.79 Å². The molecule has 2 heteroatoms.